The van der Waals surface area contributed by atoms with Gasteiger partial charge in [-0.25, -0.2) is 0 Å². The fraction of sp³-hybridized carbons (Fsp3) is 0.235. The molecule has 0 aliphatic heterocycles. The molecule has 0 aliphatic rings. The summed E-state index contributed by atoms with van der Waals surface area (Å²) in [6.45, 7) is 1.87. The minimum atomic E-state index is -0.503. The van der Waals surface area contributed by atoms with E-state index in [9.17, 15) is 14.9 Å². The third-order valence-corrected chi connectivity index (χ3v) is 3.56. The SMILES string of the molecule is C[C@H](NC(=O)c1cc([N+](=O)[O-])ccc1N(C)C)c1ccccc1. The largest absolute Gasteiger partial charge is 0.377 e. The highest BCUT2D eigenvalue weighted by molar-refractivity contribution is 6.00. The number of amides is 1. The monoisotopic (exact) mass is 313 g/mol. The van der Waals surface area contributed by atoms with Gasteiger partial charge in [-0.2, -0.15) is 0 Å². The van der Waals surface area contributed by atoms with Crippen LogP contribution in [0.3, 0.4) is 0 Å². The van der Waals surface area contributed by atoms with E-state index in [1.165, 1.54) is 12.1 Å². The molecule has 120 valence electrons. The number of anilines is 1. The Bertz CT molecular complexity index is 714. The summed E-state index contributed by atoms with van der Waals surface area (Å²) in [7, 11) is 3.58. The molecular formula is C17H19N3O3. The summed E-state index contributed by atoms with van der Waals surface area (Å²) in [6, 6.07) is 13.6. The summed E-state index contributed by atoms with van der Waals surface area (Å²) in [5.41, 5.74) is 1.78. The third kappa shape index (κ3) is 3.85. The van der Waals surface area contributed by atoms with Gasteiger partial charge in [-0.15, -0.1) is 0 Å². The van der Waals surface area contributed by atoms with Gasteiger partial charge in [0.1, 0.15) is 0 Å². The first-order valence-corrected chi connectivity index (χ1v) is 7.21. The molecule has 0 saturated heterocycles. The van der Waals surface area contributed by atoms with Crippen LogP contribution in [0, 0.1) is 10.1 Å². The summed E-state index contributed by atoms with van der Waals surface area (Å²) in [5, 5.41) is 13.8. The number of nitro benzene ring substituents is 1. The number of benzene rings is 2. The lowest BCUT2D eigenvalue weighted by Gasteiger charge is -2.19. The van der Waals surface area contributed by atoms with Crippen LogP contribution in [0.1, 0.15) is 28.9 Å². The average Bonchev–Trinajstić information content (AvgIpc) is 2.54. The first-order chi connectivity index (χ1) is 10.9. The Morgan fingerprint density at radius 3 is 2.39 bits per heavy atom. The Hall–Kier alpha value is -2.89. The molecule has 1 amide bonds. The molecular weight excluding hydrogens is 294 g/mol. The molecule has 2 aromatic rings. The Morgan fingerprint density at radius 1 is 1.17 bits per heavy atom. The van der Waals surface area contributed by atoms with Gasteiger partial charge in [0.05, 0.1) is 16.5 Å². The van der Waals surface area contributed by atoms with Crippen molar-refractivity contribution in [2.45, 2.75) is 13.0 Å². The second-order valence-electron chi connectivity index (χ2n) is 5.46. The number of carbonyl (C=O) groups excluding carboxylic acids is 1. The lowest BCUT2D eigenvalue weighted by Crippen LogP contribution is -2.28. The van der Waals surface area contributed by atoms with Crippen molar-refractivity contribution in [1.82, 2.24) is 5.32 Å². The van der Waals surface area contributed by atoms with Gasteiger partial charge < -0.3 is 10.2 Å². The van der Waals surface area contributed by atoms with Crippen LogP contribution in [0.15, 0.2) is 48.5 Å². The second kappa shape index (κ2) is 6.91. The normalized spacial score (nSPS) is 11.6. The number of nitrogens with zero attached hydrogens (tertiary/aromatic N) is 2. The Morgan fingerprint density at radius 2 is 1.83 bits per heavy atom. The fourth-order valence-electron chi connectivity index (χ4n) is 2.31. The number of hydrogen-bond acceptors (Lipinski definition) is 4. The van der Waals surface area contributed by atoms with Gasteiger partial charge in [0.2, 0.25) is 0 Å². The molecule has 6 nitrogen and oxygen atoms in total. The lowest BCUT2D eigenvalue weighted by molar-refractivity contribution is -0.384. The standard InChI is InChI=1S/C17H19N3O3/c1-12(13-7-5-4-6-8-13)18-17(21)15-11-14(20(22)23)9-10-16(15)19(2)3/h4-12H,1-3H3,(H,18,21)/t12-/m0/s1. The van der Waals surface area contributed by atoms with Gasteiger partial charge in [-0.3, -0.25) is 14.9 Å². The van der Waals surface area contributed by atoms with Gasteiger partial charge in [-0.05, 0) is 18.6 Å². The van der Waals surface area contributed by atoms with E-state index in [-0.39, 0.29) is 23.2 Å². The molecule has 2 rings (SSSR count). The topological polar surface area (TPSA) is 75.5 Å². The highest BCUT2D eigenvalue weighted by Crippen LogP contribution is 2.25. The van der Waals surface area contributed by atoms with E-state index >= 15 is 0 Å². The molecule has 0 spiro atoms. The van der Waals surface area contributed by atoms with Crippen molar-refractivity contribution in [2.75, 3.05) is 19.0 Å². The summed E-state index contributed by atoms with van der Waals surface area (Å²) in [4.78, 5) is 24.8. The average molecular weight is 313 g/mol. The van der Waals surface area contributed by atoms with Crippen LogP contribution in [-0.2, 0) is 0 Å². The Balaban J connectivity index is 2.30. The molecule has 2 aromatic carbocycles. The van der Waals surface area contributed by atoms with Gasteiger partial charge in [0.25, 0.3) is 11.6 Å². The molecule has 1 N–H and O–H groups in total. The summed E-state index contributed by atoms with van der Waals surface area (Å²) >= 11 is 0. The van der Waals surface area contributed by atoms with Crippen molar-refractivity contribution in [1.29, 1.82) is 0 Å². The van der Waals surface area contributed by atoms with Gasteiger partial charge >= 0.3 is 0 Å². The van der Waals surface area contributed by atoms with E-state index < -0.39 is 4.92 Å². The van der Waals surface area contributed by atoms with Crippen LogP contribution < -0.4 is 10.2 Å². The number of nitro groups is 1. The smallest absolute Gasteiger partial charge is 0.270 e. The molecule has 0 aromatic heterocycles. The number of non-ortho nitro benzene ring substituents is 1. The molecule has 6 heteroatoms. The van der Waals surface area contributed by atoms with Crippen molar-refractivity contribution in [3.05, 3.63) is 69.8 Å². The fourth-order valence-corrected chi connectivity index (χ4v) is 2.31. The number of hydrogen-bond donors (Lipinski definition) is 1. The molecule has 0 saturated carbocycles. The zero-order chi connectivity index (χ0) is 17.0. The number of rotatable bonds is 5. The third-order valence-electron chi connectivity index (χ3n) is 3.56. The van der Waals surface area contributed by atoms with E-state index in [2.05, 4.69) is 5.32 Å². The maximum absolute atomic E-state index is 12.6. The van der Waals surface area contributed by atoms with E-state index in [4.69, 9.17) is 0 Å². The van der Waals surface area contributed by atoms with Crippen molar-refractivity contribution in [2.24, 2.45) is 0 Å². The van der Waals surface area contributed by atoms with E-state index in [0.29, 0.717) is 5.69 Å². The van der Waals surface area contributed by atoms with Gasteiger partial charge in [0, 0.05) is 31.9 Å². The van der Waals surface area contributed by atoms with Crippen LogP contribution in [-0.4, -0.2) is 24.9 Å². The molecule has 0 fully saturated rings. The van der Waals surface area contributed by atoms with Crippen molar-refractivity contribution >= 4 is 17.3 Å². The van der Waals surface area contributed by atoms with E-state index in [1.54, 1.807) is 25.1 Å². The quantitative estimate of drug-likeness (QED) is 0.679. The summed E-state index contributed by atoms with van der Waals surface area (Å²) in [6.07, 6.45) is 0. The van der Waals surface area contributed by atoms with Gasteiger partial charge in [-0.1, -0.05) is 30.3 Å². The molecule has 0 radical (unpaired) electrons. The predicted octanol–water partition coefficient (Wildman–Crippen LogP) is 3.15. The predicted molar refractivity (Wildman–Crippen MR) is 89.7 cm³/mol. The van der Waals surface area contributed by atoms with Crippen molar-refractivity contribution < 1.29 is 9.72 Å². The molecule has 0 unspecified atom stereocenters. The number of nitrogens with one attached hydrogen (secondary N) is 1. The zero-order valence-corrected chi connectivity index (χ0v) is 13.3. The van der Waals surface area contributed by atoms with Crippen molar-refractivity contribution in [3.63, 3.8) is 0 Å². The minimum absolute atomic E-state index is 0.104. The summed E-state index contributed by atoms with van der Waals surface area (Å²) < 4.78 is 0. The molecule has 0 bridgehead atoms. The highest BCUT2D eigenvalue weighted by atomic mass is 16.6. The number of carbonyl (C=O) groups is 1. The van der Waals surface area contributed by atoms with Crippen LogP contribution >= 0.6 is 0 Å². The van der Waals surface area contributed by atoms with Crippen LogP contribution in [0.5, 0.6) is 0 Å². The lowest BCUT2D eigenvalue weighted by atomic mass is 10.1. The Labute approximate surface area is 134 Å². The molecule has 0 heterocycles. The molecule has 0 aliphatic carbocycles. The molecule has 1 atom stereocenters. The maximum atomic E-state index is 12.6. The van der Waals surface area contributed by atoms with Gasteiger partial charge in [0.15, 0.2) is 0 Å². The first kappa shape index (κ1) is 16.5. The maximum Gasteiger partial charge on any atom is 0.270 e. The van der Waals surface area contributed by atoms with Crippen LogP contribution in [0.4, 0.5) is 11.4 Å². The summed E-state index contributed by atoms with van der Waals surface area (Å²) in [5.74, 6) is -0.339. The van der Waals surface area contributed by atoms with E-state index in [1.807, 2.05) is 37.3 Å². The highest BCUT2D eigenvalue weighted by Gasteiger charge is 2.19. The van der Waals surface area contributed by atoms with E-state index in [0.717, 1.165) is 5.56 Å². The van der Waals surface area contributed by atoms with Crippen LogP contribution in [0.25, 0.3) is 0 Å². The zero-order valence-electron chi connectivity index (χ0n) is 13.3. The first-order valence-electron chi connectivity index (χ1n) is 7.21. The second-order valence-corrected chi connectivity index (χ2v) is 5.46. The molecule has 23 heavy (non-hydrogen) atoms. The van der Waals surface area contributed by atoms with Crippen molar-refractivity contribution in [3.8, 4) is 0 Å². The minimum Gasteiger partial charge on any atom is -0.377 e. The Kier molecular flexibility index (Phi) is 4.95. The van der Waals surface area contributed by atoms with Crippen LogP contribution in [0.2, 0.25) is 0 Å².